The van der Waals surface area contributed by atoms with Gasteiger partial charge in [-0.2, -0.15) is 0 Å². The SMILES string of the molecule is Cc1ccc2c(C(Cl)Cl)c(C)ccc2c1. The summed E-state index contributed by atoms with van der Waals surface area (Å²) in [5, 5.41) is 2.34. The molecule has 0 nitrogen and oxygen atoms in total. The third kappa shape index (κ3) is 1.97. The number of rotatable bonds is 1. The minimum absolute atomic E-state index is 0.462. The fourth-order valence-corrected chi connectivity index (χ4v) is 2.45. The smallest absolute Gasteiger partial charge is 0.100 e. The highest BCUT2D eigenvalue weighted by Crippen LogP contribution is 2.34. The quantitative estimate of drug-likeness (QED) is 0.618. The molecule has 2 rings (SSSR count). The van der Waals surface area contributed by atoms with E-state index >= 15 is 0 Å². The number of fused-ring (bicyclic) bond motifs is 1. The summed E-state index contributed by atoms with van der Waals surface area (Å²) in [5.74, 6) is 0. The molecule has 2 aromatic carbocycles. The first-order valence-electron chi connectivity index (χ1n) is 4.87. The Hall–Kier alpha value is -0.720. The lowest BCUT2D eigenvalue weighted by molar-refractivity contribution is 1.30. The first-order chi connectivity index (χ1) is 7.09. The lowest BCUT2D eigenvalue weighted by Crippen LogP contribution is -1.90. The predicted octanol–water partition coefficient (Wildman–Crippen LogP) is 4.93. The Labute approximate surface area is 99.8 Å². The van der Waals surface area contributed by atoms with Crippen LogP contribution in [0.15, 0.2) is 30.3 Å². The topological polar surface area (TPSA) is 0 Å². The van der Waals surface area contributed by atoms with Gasteiger partial charge in [-0.1, -0.05) is 35.9 Å². The van der Waals surface area contributed by atoms with E-state index in [0.717, 1.165) is 16.5 Å². The molecule has 0 aliphatic carbocycles. The van der Waals surface area contributed by atoms with Crippen LogP contribution in [0.4, 0.5) is 0 Å². The van der Waals surface area contributed by atoms with E-state index < -0.39 is 4.84 Å². The molecular weight excluding hydrogens is 227 g/mol. The molecule has 0 atom stereocenters. The van der Waals surface area contributed by atoms with Crippen molar-refractivity contribution < 1.29 is 0 Å². The molecule has 0 heterocycles. The second-order valence-electron chi connectivity index (χ2n) is 3.82. The molecule has 0 bridgehead atoms. The number of aryl methyl sites for hydroxylation is 2. The van der Waals surface area contributed by atoms with Gasteiger partial charge in [0.25, 0.3) is 0 Å². The van der Waals surface area contributed by atoms with Gasteiger partial charge in [-0.3, -0.25) is 0 Å². The first kappa shape index (κ1) is 10.8. The molecule has 0 fully saturated rings. The van der Waals surface area contributed by atoms with Gasteiger partial charge < -0.3 is 0 Å². The second kappa shape index (κ2) is 4.03. The van der Waals surface area contributed by atoms with Crippen molar-refractivity contribution in [1.82, 2.24) is 0 Å². The minimum atomic E-state index is -0.462. The van der Waals surface area contributed by atoms with E-state index in [1.807, 2.05) is 6.92 Å². The second-order valence-corrected chi connectivity index (χ2v) is 4.92. The molecule has 2 aromatic rings. The molecule has 15 heavy (non-hydrogen) atoms. The Morgan fingerprint density at radius 2 is 1.73 bits per heavy atom. The summed E-state index contributed by atoms with van der Waals surface area (Å²) in [6.07, 6.45) is 0. The summed E-state index contributed by atoms with van der Waals surface area (Å²) in [6, 6.07) is 10.5. The van der Waals surface area contributed by atoms with E-state index in [9.17, 15) is 0 Å². The molecule has 0 N–H and O–H groups in total. The van der Waals surface area contributed by atoms with Crippen LogP contribution in [-0.2, 0) is 0 Å². The van der Waals surface area contributed by atoms with Crippen LogP contribution in [0.5, 0.6) is 0 Å². The largest absolute Gasteiger partial charge is 0.133 e. The fourth-order valence-electron chi connectivity index (χ4n) is 1.87. The maximum Gasteiger partial charge on any atom is 0.133 e. The van der Waals surface area contributed by atoms with Crippen LogP contribution < -0.4 is 0 Å². The Bertz CT molecular complexity index is 501. The van der Waals surface area contributed by atoms with Crippen molar-refractivity contribution in [3.8, 4) is 0 Å². The number of halogens is 2. The van der Waals surface area contributed by atoms with Crippen molar-refractivity contribution in [3.63, 3.8) is 0 Å². The van der Waals surface area contributed by atoms with Crippen molar-refractivity contribution in [2.75, 3.05) is 0 Å². The Morgan fingerprint density at radius 1 is 1.00 bits per heavy atom. The zero-order chi connectivity index (χ0) is 11.0. The highest BCUT2D eigenvalue weighted by molar-refractivity contribution is 6.44. The average Bonchev–Trinajstić information content (AvgIpc) is 2.17. The van der Waals surface area contributed by atoms with E-state index in [0.29, 0.717) is 0 Å². The summed E-state index contributed by atoms with van der Waals surface area (Å²) in [5.41, 5.74) is 3.41. The summed E-state index contributed by atoms with van der Waals surface area (Å²) >= 11 is 12.0. The predicted molar refractivity (Wildman–Crippen MR) is 67.9 cm³/mol. The number of benzene rings is 2. The summed E-state index contributed by atoms with van der Waals surface area (Å²) in [7, 11) is 0. The minimum Gasteiger partial charge on any atom is -0.100 e. The average molecular weight is 239 g/mol. The highest BCUT2D eigenvalue weighted by atomic mass is 35.5. The molecule has 0 spiro atoms. The van der Waals surface area contributed by atoms with E-state index in [1.165, 1.54) is 10.9 Å². The summed E-state index contributed by atoms with van der Waals surface area (Å²) < 4.78 is 0. The highest BCUT2D eigenvalue weighted by Gasteiger charge is 2.11. The van der Waals surface area contributed by atoms with Crippen molar-refractivity contribution in [2.45, 2.75) is 18.7 Å². The number of alkyl halides is 2. The molecule has 0 amide bonds. The number of hydrogen-bond donors (Lipinski definition) is 0. The molecule has 0 aliphatic rings. The molecule has 0 saturated heterocycles. The van der Waals surface area contributed by atoms with Gasteiger partial charge >= 0.3 is 0 Å². The molecule has 0 saturated carbocycles. The molecule has 0 radical (unpaired) electrons. The van der Waals surface area contributed by atoms with Crippen LogP contribution in [-0.4, -0.2) is 0 Å². The first-order valence-corrected chi connectivity index (χ1v) is 5.75. The van der Waals surface area contributed by atoms with Crippen LogP contribution >= 0.6 is 23.2 Å². The zero-order valence-electron chi connectivity index (χ0n) is 8.72. The third-order valence-corrected chi connectivity index (χ3v) is 3.09. The molecule has 0 unspecified atom stereocenters. The van der Waals surface area contributed by atoms with E-state index in [2.05, 4.69) is 37.3 Å². The van der Waals surface area contributed by atoms with Crippen LogP contribution in [0.25, 0.3) is 10.8 Å². The standard InChI is InChI=1S/C13H12Cl2/c1-8-3-6-11-10(7-8)5-4-9(2)12(11)13(14)15/h3-7,13H,1-2H3. The van der Waals surface area contributed by atoms with Gasteiger partial charge in [0.05, 0.1) is 0 Å². The maximum atomic E-state index is 5.99. The number of hydrogen-bond acceptors (Lipinski definition) is 0. The van der Waals surface area contributed by atoms with Crippen molar-refractivity contribution in [3.05, 3.63) is 47.0 Å². The van der Waals surface area contributed by atoms with E-state index in [-0.39, 0.29) is 0 Å². The van der Waals surface area contributed by atoms with Gasteiger partial charge in [-0.05, 0) is 35.7 Å². The fraction of sp³-hybridized carbons (Fsp3) is 0.231. The molecule has 78 valence electrons. The Balaban J connectivity index is 2.82. The third-order valence-electron chi connectivity index (χ3n) is 2.65. The molecule has 0 aromatic heterocycles. The van der Waals surface area contributed by atoms with E-state index in [1.54, 1.807) is 0 Å². The normalized spacial score (nSPS) is 11.3. The van der Waals surface area contributed by atoms with Crippen LogP contribution in [0, 0.1) is 13.8 Å². The van der Waals surface area contributed by atoms with Gasteiger partial charge in [-0.15, -0.1) is 23.2 Å². The lowest BCUT2D eigenvalue weighted by Gasteiger charge is -2.11. The molecule has 0 aliphatic heterocycles. The zero-order valence-corrected chi connectivity index (χ0v) is 10.2. The molecular formula is C13H12Cl2. The summed E-state index contributed by atoms with van der Waals surface area (Å²) in [6.45, 7) is 4.12. The van der Waals surface area contributed by atoms with Gasteiger partial charge in [0.15, 0.2) is 0 Å². The van der Waals surface area contributed by atoms with Crippen molar-refractivity contribution >= 4 is 34.0 Å². The van der Waals surface area contributed by atoms with Crippen LogP contribution in [0.2, 0.25) is 0 Å². The maximum absolute atomic E-state index is 5.99. The van der Waals surface area contributed by atoms with Crippen LogP contribution in [0.1, 0.15) is 21.5 Å². The Kier molecular flexibility index (Phi) is 2.90. The monoisotopic (exact) mass is 238 g/mol. The Morgan fingerprint density at radius 3 is 2.40 bits per heavy atom. The van der Waals surface area contributed by atoms with Gasteiger partial charge in [0, 0.05) is 0 Å². The van der Waals surface area contributed by atoms with Crippen LogP contribution in [0.3, 0.4) is 0 Å². The molecule has 2 heteroatoms. The summed E-state index contributed by atoms with van der Waals surface area (Å²) in [4.78, 5) is -0.462. The van der Waals surface area contributed by atoms with Crippen molar-refractivity contribution in [2.24, 2.45) is 0 Å². The lowest BCUT2D eigenvalue weighted by atomic mass is 9.99. The van der Waals surface area contributed by atoms with Gasteiger partial charge in [0.2, 0.25) is 0 Å². The van der Waals surface area contributed by atoms with Crippen molar-refractivity contribution in [1.29, 1.82) is 0 Å². The van der Waals surface area contributed by atoms with E-state index in [4.69, 9.17) is 23.2 Å². The van der Waals surface area contributed by atoms with Gasteiger partial charge in [0.1, 0.15) is 4.84 Å². The van der Waals surface area contributed by atoms with Gasteiger partial charge in [-0.25, -0.2) is 0 Å².